The van der Waals surface area contributed by atoms with Crippen molar-refractivity contribution >= 4 is 32.4 Å². The van der Waals surface area contributed by atoms with Gasteiger partial charge in [-0.15, -0.1) is 10.2 Å². The van der Waals surface area contributed by atoms with Crippen molar-refractivity contribution in [3.8, 4) is 0 Å². The van der Waals surface area contributed by atoms with E-state index in [2.05, 4.69) is 20.2 Å². The van der Waals surface area contributed by atoms with E-state index < -0.39 is 10.0 Å². The van der Waals surface area contributed by atoms with Crippen molar-refractivity contribution in [1.82, 2.24) is 14.9 Å². The Labute approximate surface area is 109 Å². The summed E-state index contributed by atoms with van der Waals surface area (Å²) in [5, 5.41) is 9.79. The number of sulfonamides is 1. The summed E-state index contributed by atoms with van der Waals surface area (Å²) in [5.41, 5.74) is 0. The predicted octanol–water partition coefficient (Wildman–Crippen LogP) is 0.717. The molecule has 0 saturated heterocycles. The third kappa shape index (κ3) is 3.24. The van der Waals surface area contributed by atoms with Gasteiger partial charge >= 0.3 is 0 Å². The molecule has 9 heteroatoms. The van der Waals surface area contributed by atoms with Crippen molar-refractivity contribution in [1.29, 1.82) is 0 Å². The highest BCUT2D eigenvalue weighted by molar-refractivity contribution is 7.91. The molecule has 0 radical (unpaired) electrons. The molecule has 0 spiro atoms. The fraction of sp³-hybridized carbons (Fsp3) is 0.667. The number of anilines is 1. The van der Waals surface area contributed by atoms with Gasteiger partial charge in [0.1, 0.15) is 0 Å². The van der Waals surface area contributed by atoms with Crippen molar-refractivity contribution in [2.45, 2.75) is 43.0 Å². The molecule has 1 saturated carbocycles. The Bertz CT molecular complexity index is 534. The van der Waals surface area contributed by atoms with Crippen LogP contribution in [0.5, 0.6) is 0 Å². The number of carbonyl (C=O) groups is 1. The summed E-state index contributed by atoms with van der Waals surface area (Å²) >= 11 is 0.847. The predicted molar refractivity (Wildman–Crippen MR) is 66.8 cm³/mol. The van der Waals surface area contributed by atoms with Gasteiger partial charge in [-0.05, 0) is 12.8 Å². The highest BCUT2D eigenvalue weighted by atomic mass is 32.2. The largest absolute Gasteiger partial charge is 0.301 e. The summed E-state index contributed by atoms with van der Waals surface area (Å²) < 4.78 is 26.4. The fourth-order valence-corrected chi connectivity index (χ4v) is 4.10. The minimum Gasteiger partial charge on any atom is -0.301 e. The summed E-state index contributed by atoms with van der Waals surface area (Å²) in [5.74, 6) is -0.307. The molecule has 1 amide bonds. The molecule has 1 aromatic heterocycles. The maximum atomic E-state index is 12.0. The lowest BCUT2D eigenvalue weighted by Crippen LogP contribution is -2.32. The smallest absolute Gasteiger partial charge is 0.270 e. The molecule has 2 N–H and O–H groups in total. The summed E-state index contributed by atoms with van der Waals surface area (Å²) in [6, 6.07) is -0.0110. The topological polar surface area (TPSA) is 101 Å². The number of hydrogen-bond acceptors (Lipinski definition) is 6. The normalized spacial score (nSPS) is 16.9. The second-order valence-corrected chi connectivity index (χ2v) is 7.02. The van der Waals surface area contributed by atoms with Crippen LogP contribution >= 0.6 is 11.3 Å². The van der Waals surface area contributed by atoms with E-state index in [0.29, 0.717) is 0 Å². The molecule has 1 aromatic rings. The first kappa shape index (κ1) is 13.4. The number of nitrogens with zero attached hydrogens (tertiary/aromatic N) is 2. The average Bonchev–Trinajstić information content (AvgIpc) is 2.87. The average molecular weight is 290 g/mol. The molecule has 2 rings (SSSR count). The van der Waals surface area contributed by atoms with E-state index in [9.17, 15) is 13.2 Å². The van der Waals surface area contributed by atoms with E-state index in [0.717, 1.165) is 37.0 Å². The molecular formula is C9H14N4O3S2. The lowest BCUT2D eigenvalue weighted by Gasteiger charge is -2.09. The first-order valence-corrected chi connectivity index (χ1v) is 7.91. The highest BCUT2D eigenvalue weighted by Gasteiger charge is 2.26. The number of amides is 1. The van der Waals surface area contributed by atoms with Crippen LogP contribution in [0.15, 0.2) is 4.34 Å². The molecule has 1 aliphatic rings. The Morgan fingerprint density at radius 1 is 1.33 bits per heavy atom. The minimum absolute atomic E-state index is 0.0110. The molecule has 1 heterocycles. The van der Waals surface area contributed by atoms with E-state index in [1.807, 2.05) is 0 Å². The molecule has 0 aliphatic heterocycles. The van der Waals surface area contributed by atoms with Crippen LogP contribution in [0.1, 0.15) is 32.6 Å². The Balaban J connectivity index is 2.09. The van der Waals surface area contributed by atoms with Crippen LogP contribution in [0.25, 0.3) is 0 Å². The zero-order chi connectivity index (χ0) is 13.2. The second-order valence-electron chi connectivity index (χ2n) is 4.16. The lowest BCUT2D eigenvalue weighted by molar-refractivity contribution is -0.114. The quantitative estimate of drug-likeness (QED) is 0.796. The zero-order valence-corrected chi connectivity index (χ0v) is 11.5. The van der Waals surface area contributed by atoms with Gasteiger partial charge in [-0.3, -0.25) is 4.79 Å². The molecule has 18 heavy (non-hydrogen) atoms. The van der Waals surface area contributed by atoms with Crippen LogP contribution in [-0.4, -0.2) is 30.6 Å². The minimum atomic E-state index is -3.62. The maximum Gasteiger partial charge on any atom is 0.270 e. The molecule has 7 nitrogen and oxygen atoms in total. The number of hydrogen-bond donors (Lipinski definition) is 2. The third-order valence-electron chi connectivity index (χ3n) is 2.60. The van der Waals surface area contributed by atoms with Crippen molar-refractivity contribution < 1.29 is 13.2 Å². The van der Waals surface area contributed by atoms with Gasteiger partial charge in [0.05, 0.1) is 0 Å². The number of nitrogens with one attached hydrogen (secondary N) is 2. The van der Waals surface area contributed by atoms with Crippen LogP contribution in [0.4, 0.5) is 5.13 Å². The summed E-state index contributed by atoms with van der Waals surface area (Å²) in [6.45, 7) is 1.33. The molecule has 1 aliphatic carbocycles. The van der Waals surface area contributed by atoms with Crippen LogP contribution in [-0.2, 0) is 14.8 Å². The van der Waals surface area contributed by atoms with Gasteiger partial charge in [-0.2, -0.15) is 0 Å². The van der Waals surface area contributed by atoms with Crippen LogP contribution < -0.4 is 10.0 Å². The molecule has 0 unspecified atom stereocenters. The molecule has 0 aromatic carbocycles. The SMILES string of the molecule is CC(=O)Nc1nnc(S(=O)(=O)NC2CCCC2)s1. The van der Waals surface area contributed by atoms with E-state index in [1.165, 1.54) is 6.92 Å². The monoisotopic (exact) mass is 290 g/mol. The van der Waals surface area contributed by atoms with E-state index in [4.69, 9.17) is 0 Å². The van der Waals surface area contributed by atoms with Crippen molar-refractivity contribution in [2.24, 2.45) is 0 Å². The second kappa shape index (κ2) is 5.29. The Morgan fingerprint density at radius 2 is 2.00 bits per heavy atom. The van der Waals surface area contributed by atoms with Crippen LogP contribution in [0, 0.1) is 0 Å². The van der Waals surface area contributed by atoms with Crippen LogP contribution in [0.3, 0.4) is 0 Å². The molecule has 100 valence electrons. The fourth-order valence-electron chi connectivity index (χ4n) is 1.83. The standard InChI is InChI=1S/C9H14N4O3S2/c1-6(14)10-8-11-12-9(17-8)18(15,16)13-7-4-2-3-5-7/h7,13H,2-5H2,1H3,(H,10,11,14). The highest BCUT2D eigenvalue weighted by Crippen LogP contribution is 2.23. The van der Waals surface area contributed by atoms with Gasteiger partial charge in [0.15, 0.2) is 0 Å². The Kier molecular flexibility index (Phi) is 3.93. The zero-order valence-electron chi connectivity index (χ0n) is 9.84. The van der Waals surface area contributed by atoms with E-state index in [-0.39, 0.29) is 21.4 Å². The Morgan fingerprint density at radius 3 is 2.61 bits per heavy atom. The van der Waals surface area contributed by atoms with E-state index >= 15 is 0 Å². The number of carbonyl (C=O) groups excluding carboxylic acids is 1. The summed E-state index contributed by atoms with van der Waals surface area (Å²) in [6.07, 6.45) is 3.80. The maximum absolute atomic E-state index is 12.0. The van der Waals surface area contributed by atoms with Gasteiger partial charge in [0.25, 0.3) is 10.0 Å². The lowest BCUT2D eigenvalue weighted by atomic mass is 10.3. The summed E-state index contributed by atoms with van der Waals surface area (Å²) in [4.78, 5) is 10.8. The third-order valence-corrected chi connectivity index (χ3v) is 5.32. The number of aromatic nitrogens is 2. The number of rotatable bonds is 4. The van der Waals surface area contributed by atoms with Gasteiger partial charge < -0.3 is 5.32 Å². The van der Waals surface area contributed by atoms with Crippen molar-refractivity contribution in [3.05, 3.63) is 0 Å². The first-order valence-electron chi connectivity index (χ1n) is 5.61. The summed E-state index contributed by atoms with van der Waals surface area (Å²) in [7, 11) is -3.62. The first-order chi connectivity index (χ1) is 8.47. The molecule has 0 atom stereocenters. The van der Waals surface area contributed by atoms with Crippen LogP contribution in [0.2, 0.25) is 0 Å². The van der Waals surface area contributed by atoms with Gasteiger partial charge in [0, 0.05) is 13.0 Å². The van der Waals surface area contributed by atoms with Gasteiger partial charge in [-0.25, -0.2) is 13.1 Å². The molecular weight excluding hydrogens is 276 g/mol. The molecule has 1 fully saturated rings. The van der Waals surface area contributed by atoms with Gasteiger partial charge in [-0.1, -0.05) is 24.2 Å². The van der Waals surface area contributed by atoms with Crippen molar-refractivity contribution in [2.75, 3.05) is 5.32 Å². The van der Waals surface area contributed by atoms with Crippen molar-refractivity contribution in [3.63, 3.8) is 0 Å². The Hall–Kier alpha value is -1.06. The van der Waals surface area contributed by atoms with E-state index in [1.54, 1.807) is 0 Å². The molecule has 0 bridgehead atoms. The van der Waals surface area contributed by atoms with Gasteiger partial charge in [0.2, 0.25) is 15.4 Å².